The van der Waals surface area contributed by atoms with Crippen LogP contribution in [0.4, 0.5) is 0 Å². The number of benzene rings is 1. The number of carboxylic acids is 1. The maximum Gasteiger partial charge on any atom is 0.337 e. The van der Waals surface area contributed by atoms with Crippen molar-refractivity contribution < 1.29 is 14.6 Å². The lowest BCUT2D eigenvalue weighted by Gasteiger charge is -2.15. The second kappa shape index (κ2) is 8.75. The quantitative estimate of drug-likeness (QED) is 0.530. The van der Waals surface area contributed by atoms with Crippen LogP contribution in [0.2, 0.25) is 5.02 Å². The third-order valence-corrected chi connectivity index (χ3v) is 5.45. The molecule has 0 aliphatic carbocycles. The van der Waals surface area contributed by atoms with Crippen LogP contribution in [0.3, 0.4) is 0 Å². The van der Waals surface area contributed by atoms with Crippen molar-refractivity contribution in [2.75, 3.05) is 6.61 Å². The zero-order chi connectivity index (χ0) is 20.3. The Morgan fingerprint density at radius 1 is 1.29 bits per heavy atom. The van der Waals surface area contributed by atoms with Crippen LogP contribution in [-0.2, 0) is 6.54 Å². The number of nitrogens with zero attached hydrogens (tertiary/aromatic N) is 2. The monoisotopic (exact) mass is 420 g/mol. The van der Waals surface area contributed by atoms with Gasteiger partial charge in [-0.05, 0) is 37.1 Å². The highest BCUT2D eigenvalue weighted by atomic mass is 35.5. The summed E-state index contributed by atoms with van der Waals surface area (Å²) in [5, 5.41) is 11.7. The van der Waals surface area contributed by atoms with Crippen LogP contribution in [0, 0.1) is 0 Å². The summed E-state index contributed by atoms with van der Waals surface area (Å²) in [7, 11) is 0. The number of unbranched alkanes of at least 4 members (excludes halogenated alkanes) is 1. The Kier molecular flexibility index (Phi) is 6.36. The minimum atomic E-state index is -1.11. The van der Waals surface area contributed by atoms with Crippen molar-refractivity contribution in [1.82, 2.24) is 9.55 Å². The minimum absolute atomic E-state index is 0.0210. The molecule has 1 aromatic carbocycles. The second-order valence-corrected chi connectivity index (χ2v) is 8.02. The van der Waals surface area contributed by atoms with E-state index in [2.05, 4.69) is 4.98 Å². The fourth-order valence-electron chi connectivity index (χ4n) is 2.95. The zero-order valence-electron chi connectivity index (χ0n) is 15.6. The van der Waals surface area contributed by atoms with E-state index in [0.717, 1.165) is 12.2 Å². The van der Waals surface area contributed by atoms with E-state index < -0.39 is 5.97 Å². The fraction of sp³-hybridized carbons (Fsp3) is 0.350. The van der Waals surface area contributed by atoms with Crippen molar-refractivity contribution in [3.05, 3.63) is 56.4 Å². The summed E-state index contributed by atoms with van der Waals surface area (Å²) in [6, 6.07) is 7.16. The summed E-state index contributed by atoms with van der Waals surface area (Å²) in [4.78, 5) is 29.4. The first-order chi connectivity index (χ1) is 13.4. The summed E-state index contributed by atoms with van der Waals surface area (Å²) in [5.74, 6) is 0.370. The van der Waals surface area contributed by atoms with E-state index in [1.165, 1.54) is 16.7 Å². The highest BCUT2D eigenvalue weighted by Crippen LogP contribution is 2.24. The lowest BCUT2D eigenvalue weighted by atomic mass is 10.1. The molecule has 0 fully saturated rings. The standard InChI is InChI=1S/C20H21ClN2O4S/c1-12(2)17-22-18-16(15(11-28-18)20(25)26)19(24)23(17)9-3-4-10-27-14-7-5-13(21)6-8-14/h5-8,11-12H,3-4,9-10H2,1-2H3,(H,25,26). The van der Waals surface area contributed by atoms with Gasteiger partial charge < -0.3 is 9.84 Å². The average Bonchev–Trinajstić information content (AvgIpc) is 3.09. The van der Waals surface area contributed by atoms with Crippen molar-refractivity contribution >= 4 is 39.1 Å². The van der Waals surface area contributed by atoms with Gasteiger partial charge in [-0.25, -0.2) is 9.78 Å². The topological polar surface area (TPSA) is 81.4 Å². The van der Waals surface area contributed by atoms with E-state index in [1.54, 1.807) is 16.7 Å². The molecule has 3 rings (SSSR count). The summed E-state index contributed by atoms with van der Waals surface area (Å²) >= 11 is 7.05. The number of carbonyl (C=O) groups is 1. The largest absolute Gasteiger partial charge is 0.494 e. The Bertz CT molecular complexity index is 1040. The summed E-state index contributed by atoms with van der Waals surface area (Å²) < 4.78 is 7.28. The molecule has 0 aliphatic heterocycles. The molecule has 0 radical (unpaired) electrons. The Labute approximate surface area is 171 Å². The van der Waals surface area contributed by atoms with Crippen LogP contribution >= 0.6 is 22.9 Å². The van der Waals surface area contributed by atoms with Crippen molar-refractivity contribution in [2.24, 2.45) is 0 Å². The van der Waals surface area contributed by atoms with Gasteiger partial charge in [0.15, 0.2) is 0 Å². The summed E-state index contributed by atoms with van der Waals surface area (Å²) in [5.41, 5.74) is -0.265. The first kappa shape index (κ1) is 20.4. The van der Waals surface area contributed by atoms with Crippen molar-refractivity contribution in [1.29, 1.82) is 0 Å². The van der Waals surface area contributed by atoms with Gasteiger partial charge in [-0.3, -0.25) is 9.36 Å². The van der Waals surface area contributed by atoms with E-state index in [9.17, 15) is 14.7 Å². The van der Waals surface area contributed by atoms with Gasteiger partial charge in [-0.1, -0.05) is 25.4 Å². The molecular formula is C20H21ClN2O4S. The van der Waals surface area contributed by atoms with E-state index in [4.69, 9.17) is 16.3 Å². The highest BCUT2D eigenvalue weighted by molar-refractivity contribution is 7.17. The number of ether oxygens (including phenoxy) is 1. The van der Waals surface area contributed by atoms with Crippen LogP contribution in [0.5, 0.6) is 5.75 Å². The molecule has 0 bridgehead atoms. The Morgan fingerprint density at radius 2 is 2.00 bits per heavy atom. The van der Waals surface area contributed by atoms with E-state index in [-0.39, 0.29) is 22.4 Å². The molecule has 1 N–H and O–H groups in total. The average molecular weight is 421 g/mol. The van der Waals surface area contributed by atoms with Gasteiger partial charge >= 0.3 is 5.97 Å². The Balaban J connectivity index is 1.73. The van der Waals surface area contributed by atoms with Crippen LogP contribution < -0.4 is 10.3 Å². The van der Waals surface area contributed by atoms with E-state index >= 15 is 0 Å². The van der Waals surface area contributed by atoms with Crippen molar-refractivity contribution in [3.63, 3.8) is 0 Å². The number of rotatable bonds is 8. The van der Waals surface area contributed by atoms with Crippen LogP contribution in [-0.4, -0.2) is 27.2 Å². The fourth-order valence-corrected chi connectivity index (χ4v) is 3.98. The third-order valence-electron chi connectivity index (χ3n) is 4.33. The molecule has 2 heterocycles. The van der Waals surface area contributed by atoms with Crippen LogP contribution in [0.25, 0.3) is 10.2 Å². The van der Waals surface area contributed by atoms with Crippen LogP contribution in [0.15, 0.2) is 34.4 Å². The normalized spacial score (nSPS) is 11.3. The number of halogens is 1. The second-order valence-electron chi connectivity index (χ2n) is 6.73. The lowest BCUT2D eigenvalue weighted by Crippen LogP contribution is -2.27. The number of hydrogen-bond donors (Lipinski definition) is 1. The number of thiophene rings is 1. The SMILES string of the molecule is CC(C)c1nc2scc(C(=O)O)c2c(=O)n1CCCCOc1ccc(Cl)cc1. The molecule has 3 aromatic rings. The molecular weight excluding hydrogens is 400 g/mol. The third kappa shape index (κ3) is 4.36. The molecule has 0 saturated heterocycles. The molecule has 0 atom stereocenters. The smallest absolute Gasteiger partial charge is 0.337 e. The Morgan fingerprint density at radius 3 is 2.64 bits per heavy atom. The maximum atomic E-state index is 13.0. The minimum Gasteiger partial charge on any atom is -0.494 e. The number of aromatic nitrogens is 2. The molecule has 2 aromatic heterocycles. The number of fused-ring (bicyclic) bond motifs is 1. The summed E-state index contributed by atoms with van der Waals surface area (Å²) in [6.07, 6.45) is 1.47. The van der Waals surface area contributed by atoms with Gasteiger partial charge in [-0.15, -0.1) is 11.3 Å². The number of carboxylic acid groups (broad SMARTS) is 1. The molecule has 0 saturated carbocycles. The zero-order valence-corrected chi connectivity index (χ0v) is 17.2. The van der Waals surface area contributed by atoms with Gasteiger partial charge in [0.1, 0.15) is 16.4 Å². The maximum absolute atomic E-state index is 13.0. The molecule has 28 heavy (non-hydrogen) atoms. The van der Waals surface area contributed by atoms with Gasteiger partial charge in [0.25, 0.3) is 5.56 Å². The predicted molar refractivity (Wildman–Crippen MR) is 111 cm³/mol. The molecule has 148 valence electrons. The molecule has 0 amide bonds. The van der Waals surface area contributed by atoms with Gasteiger partial charge in [-0.2, -0.15) is 0 Å². The molecule has 0 aliphatic rings. The van der Waals surface area contributed by atoms with Crippen molar-refractivity contribution in [3.8, 4) is 5.75 Å². The predicted octanol–water partition coefficient (Wildman–Crippen LogP) is 4.79. The first-order valence-electron chi connectivity index (χ1n) is 9.02. The molecule has 6 nitrogen and oxygen atoms in total. The van der Waals surface area contributed by atoms with Crippen LogP contribution in [0.1, 0.15) is 48.8 Å². The lowest BCUT2D eigenvalue weighted by molar-refractivity contribution is 0.0699. The van der Waals surface area contributed by atoms with Gasteiger partial charge in [0.05, 0.1) is 17.6 Å². The van der Waals surface area contributed by atoms with E-state index in [1.807, 2.05) is 26.0 Å². The first-order valence-corrected chi connectivity index (χ1v) is 10.3. The molecule has 0 spiro atoms. The Hall–Kier alpha value is -2.38. The van der Waals surface area contributed by atoms with Gasteiger partial charge in [0.2, 0.25) is 0 Å². The van der Waals surface area contributed by atoms with Gasteiger partial charge in [0, 0.05) is 22.9 Å². The summed E-state index contributed by atoms with van der Waals surface area (Å²) in [6.45, 7) is 4.93. The van der Waals surface area contributed by atoms with Crippen molar-refractivity contribution in [2.45, 2.75) is 39.2 Å². The molecule has 8 heteroatoms. The number of hydrogen-bond acceptors (Lipinski definition) is 5. The highest BCUT2D eigenvalue weighted by Gasteiger charge is 2.20. The number of aromatic carboxylic acids is 1. The van der Waals surface area contributed by atoms with E-state index in [0.29, 0.717) is 35.2 Å². The molecule has 0 unspecified atom stereocenters.